The second-order valence-corrected chi connectivity index (χ2v) is 5.79. The molecule has 2 rings (SSSR count). The van der Waals surface area contributed by atoms with Crippen molar-refractivity contribution in [2.75, 3.05) is 26.2 Å². The largest absolute Gasteiger partial charge is 0.300 e. The van der Waals surface area contributed by atoms with Crippen LogP contribution in [0, 0.1) is 0 Å². The van der Waals surface area contributed by atoms with Gasteiger partial charge in [-0.1, -0.05) is 6.42 Å². The number of Topliss-reactive ketones (excluding diaryl/α,β-unsaturated/α-hetero) is 1. The highest BCUT2D eigenvalue weighted by molar-refractivity contribution is 5.76. The van der Waals surface area contributed by atoms with Gasteiger partial charge in [0.2, 0.25) is 0 Å². The summed E-state index contributed by atoms with van der Waals surface area (Å²) in [5.74, 6) is 0.318. The molecular formula is C14H26N2O. The topological polar surface area (TPSA) is 23.6 Å². The molecule has 3 heteroatoms. The molecule has 98 valence electrons. The summed E-state index contributed by atoms with van der Waals surface area (Å²) in [6.07, 6.45) is 6.17. The first kappa shape index (κ1) is 13.0. The summed E-state index contributed by atoms with van der Waals surface area (Å²) in [7, 11) is 0. The number of piperidine rings is 1. The Bertz CT molecular complexity index is 261. The fourth-order valence-corrected chi connectivity index (χ4v) is 3.30. The van der Waals surface area contributed by atoms with Crippen LogP contribution in [0.15, 0.2) is 0 Å². The molecule has 2 aliphatic heterocycles. The number of carbonyl (C=O) groups excluding carboxylic acids is 1. The van der Waals surface area contributed by atoms with Gasteiger partial charge in [-0.05, 0) is 46.2 Å². The van der Waals surface area contributed by atoms with Gasteiger partial charge in [0.1, 0.15) is 5.78 Å². The Kier molecular flexibility index (Phi) is 4.57. The monoisotopic (exact) mass is 238 g/mol. The Morgan fingerprint density at radius 2 is 1.94 bits per heavy atom. The molecule has 2 unspecified atom stereocenters. The minimum absolute atomic E-state index is 0.318. The van der Waals surface area contributed by atoms with E-state index in [0.717, 1.165) is 6.04 Å². The minimum Gasteiger partial charge on any atom is -0.300 e. The fraction of sp³-hybridized carbons (Fsp3) is 0.929. The molecule has 3 nitrogen and oxygen atoms in total. The van der Waals surface area contributed by atoms with Gasteiger partial charge in [-0.15, -0.1) is 0 Å². The van der Waals surface area contributed by atoms with E-state index >= 15 is 0 Å². The lowest BCUT2D eigenvalue weighted by molar-refractivity contribution is -0.118. The normalized spacial score (nSPS) is 29.4. The highest BCUT2D eigenvalue weighted by Crippen LogP contribution is 2.22. The number of rotatable bonds is 4. The van der Waals surface area contributed by atoms with Gasteiger partial charge in [0, 0.05) is 31.6 Å². The molecular weight excluding hydrogens is 212 g/mol. The summed E-state index contributed by atoms with van der Waals surface area (Å²) in [5, 5.41) is 0. The van der Waals surface area contributed by atoms with E-state index in [1.165, 1.54) is 51.9 Å². The standard InChI is InChI=1S/C14H26N2O/c1-12(10-13(2)17)16-9-6-14(11-16)15-7-4-3-5-8-15/h12,14H,3-11H2,1-2H3. The molecule has 2 aliphatic rings. The Labute approximate surface area is 105 Å². The maximum atomic E-state index is 11.2. The Morgan fingerprint density at radius 3 is 2.59 bits per heavy atom. The molecule has 0 aromatic carbocycles. The molecule has 0 aliphatic carbocycles. The molecule has 2 atom stereocenters. The predicted molar refractivity (Wildman–Crippen MR) is 70.2 cm³/mol. The predicted octanol–water partition coefficient (Wildman–Crippen LogP) is 1.91. The van der Waals surface area contributed by atoms with Gasteiger partial charge in [0.15, 0.2) is 0 Å². The number of carbonyl (C=O) groups is 1. The van der Waals surface area contributed by atoms with Crippen LogP contribution in [-0.2, 0) is 4.79 Å². The van der Waals surface area contributed by atoms with Crippen molar-refractivity contribution in [3.63, 3.8) is 0 Å². The first-order valence-electron chi connectivity index (χ1n) is 7.14. The SMILES string of the molecule is CC(=O)CC(C)N1CCC(N2CCCCC2)C1. The lowest BCUT2D eigenvalue weighted by Gasteiger charge is -2.33. The van der Waals surface area contributed by atoms with Crippen molar-refractivity contribution >= 4 is 5.78 Å². The molecule has 0 saturated carbocycles. The van der Waals surface area contributed by atoms with Gasteiger partial charge >= 0.3 is 0 Å². The van der Waals surface area contributed by atoms with Crippen LogP contribution in [0.4, 0.5) is 0 Å². The Morgan fingerprint density at radius 1 is 1.24 bits per heavy atom. The molecule has 17 heavy (non-hydrogen) atoms. The van der Waals surface area contributed by atoms with Crippen LogP contribution in [0.5, 0.6) is 0 Å². The van der Waals surface area contributed by atoms with Crippen molar-refractivity contribution in [1.82, 2.24) is 9.80 Å². The minimum atomic E-state index is 0.318. The van der Waals surface area contributed by atoms with Crippen molar-refractivity contribution in [3.8, 4) is 0 Å². The average molecular weight is 238 g/mol. The molecule has 0 aromatic rings. The summed E-state index contributed by atoms with van der Waals surface area (Å²) in [6, 6.07) is 1.19. The van der Waals surface area contributed by atoms with Gasteiger partial charge in [-0.3, -0.25) is 14.6 Å². The first-order valence-corrected chi connectivity index (χ1v) is 7.14. The summed E-state index contributed by atoms with van der Waals surface area (Å²) in [6.45, 7) is 8.83. The Hall–Kier alpha value is -0.410. The molecule has 0 spiro atoms. The number of hydrogen-bond acceptors (Lipinski definition) is 3. The summed E-state index contributed by atoms with van der Waals surface area (Å²) < 4.78 is 0. The molecule has 2 heterocycles. The second kappa shape index (κ2) is 5.96. The van der Waals surface area contributed by atoms with Gasteiger partial charge in [-0.25, -0.2) is 0 Å². The van der Waals surface area contributed by atoms with Crippen LogP contribution in [0.25, 0.3) is 0 Å². The molecule has 0 aromatic heterocycles. The van der Waals surface area contributed by atoms with E-state index in [4.69, 9.17) is 0 Å². The van der Waals surface area contributed by atoms with Crippen LogP contribution >= 0.6 is 0 Å². The quantitative estimate of drug-likeness (QED) is 0.747. The van der Waals surface area contributed by atoms with Crippen LogP contribution in [-0.4, -0.2) is 53.8 Å². The van der Waals surface area contributed by atoms with Crippen LogP contribution < -0.4 is 0 Å². The van der Waals surface area contributed by atoms with E-state index < -0.39 is 0 Å². The van der Waals surface area contributed by atoms with Crippen molar-refractivity contribution in [2.45, 2.75) is 58.0 Å². The molecule has 0 N–H and O–H groups in total. The van der Waals surface area contributed by atoms with E-state index in [1.807, 2.05) is 0 Å². The highest BCUT2D eigenvalue weighted by Gasteiger charge is 2.30. The van der Waals surface area contributed by atoms with Gasteiger partial charge in [0.25, 0.3) is 0 Å². The zero-order valence-electron chi connectivity index (χ0n) is 11.3. The number of hydrogen-bond donors (Lipinski definition) is 0. The van der Waals surface area contributed by atoms with Crippen molar-refractivity contribution in [3.05, 3.63) is 0 Å². The van der Waals surface area contributed by atoms with E-state index in [2.05, 4.69) is 16.7 Å². The van der Waals surface area contributed by atoms with E-state index in [0.29, 0.717) is 18.2 Å². The number of ketones is 1. The number of nitrogens with zero attached hydrogens (tertiary/aromatic N) is 2. The third-order valence-electron chi connectivity index (χ3n) is 4.31. The van der Waals surface area contributed by atoms with Gasteiger partial charge < -0.3 is 0 Å². The lowest BCUT2D eigenvalue weighted by atomic mass is 10.1. The van der Waals surface area contributed by atoms with E-state index in [1.54, 1.807) is 6.92 Å². The van der Waals surface area contributed by atoms with Crippen molar-refractivity contribution < 1.29 is 4.79 Å². The zero-order valence-corrected chi connectivity index (χ0v) is 11.3. The smallest absolute Gasteiger partial charge is 0.131 e. The second-order valence-electron chi connectivity index (χ2n) is 5.79. The lowest BCUT2D eigenvalue weighted by Crippen LogP contribution is -2.42. The van der Waals surface area contributed by atoms with Crippen molar-refractivity contribution in [1.29, 1.82) is 0 Å². The molecule has 2 fully saturated rings. The van der Waals surface area contributed by atoms with Crippen molar-refractivity contribution in [2.24, 2.45) is 0 Å². The first-order chi connectivity index (χ1) is 8.16. The van der Waals surface area contributed by atoms with Crippen LogP contribution in [0.1, 0.15) is 46.0 Å². The van der Waals surface area contributed by atoms with Crippen LogP contribution in [0.2, 0.25) is 0 Å². The Balaban J connectivity index is 1.79. The zero-order chi connectivity index (χ0) is 12.3. The van der Waals surface area contributed by atoms with Crippen LogP contribution in [0.3, 0.4) is 0 Å². The van der Waals surface area contributed by atoms with Gasteiger partial charge in [-0.2, -0.15) is 0 Å². The molecule has 0 amide bonds. The fourth-order valence-electron chi connectivity index (χ4n) is 3.30. The summed E-state index contributed by atoms with van der Waals surface area (Å²) in [5.41, 5.74) is 0. The summed E-state index contributed by atoms with van der Waals surface area (Å²) in [4.78, 5) is 16.3. The summed E-state index contributed by atoms with van der Waals surface area (Å²) >= 11 is 0. The molecule has 2 saturated heterocycles. The van der Waals surface area contributed by atoms with Gasteiger partial charge in [0.05, 0.1) is 0 Å². The van der Waals surface area contributed by atoms with E-state index in [9.17, 15) is 4.79 Å². The third kappa shape index (κ3) is 3.52. The maximum absolute atomic E-state index is 11.2. The highest BCUT2D eigenvalue weighted by atomic mass is 16.1. The average Bonchev–Trinajstić information content (AvgIpc) is 2.78. The van der Waals surface area contributed by atoms with E-state index in [-0.39, 0.29) is 0 Å². The maximum Gasteiger partial charge on any atom is 0.131 e. The third-order valence-corrected chi connectivity index (χ3v) is 4.31. The molecule has 0 bridgehead atoms. The number of likely N-dealkylation sites (tertiary alicyclic amines) is 2. The molecule has 0 radical (unpaired) electrons.